The van der Waals surface area contributed by atoms with Crippen LogP contribution in [0.3, 0.4) is 0 Å². The van der Waals surface area contributed by atoms with E-state index in [0.717, 1.165) is 6.42 Å². The summed E-state index contributed by atoms with van der Waals surface area (Å²) in [6.45, 7) is 4.56. The van der Waals surface area contributed by atoms with E-state index in [1.54, 1.807) is 0 Å². The van der Waals surface area contributed by atoms with Crippen LogP contribution in [-0.4, -0.2) is 6.04 Å². The highest BCUT2D eigenvalue weighted by atomic mass is 15.0. The third-order valence-electron chi connectivity index (χ3n) is 4.24. The molecule has 0 aromatic heterocycles. The number of rotatable bonds is 2. The molecule has 1 heterocycles. The van der Waals surface area contributed by atoms with Crippen LogP contribution in [0, 0.1) is 0 Å². The number of hydrogen-bond acceptors (Lipinski definition) is 1. The van der Waals surface area contributed by atoms with Crippen LogP contribution in [0.4, 0.5) is 0 Å². The number of fused-ring (bicyclic) bond motifs is 1. The Balaban J connectivity index is 2.10. The summed E-state index contributed by atoms with van der Waals surface area (Å²) < 4.78 is 0. The molecule has 3 atom stereocenters. The van der Waals surface area contributed by atoms with E-state index < -0.39 is 0 Å². The van der Waals surface area contributed by atoms with Crippen LogP contribution in [-0.2, 0) is 0 Å². The predicted octanol–water partition coefficient (Wildman–Crippen LogP) is 4.26. The van der Waals surface area contributed by atoms with E-state index in [4.69, 9.17) is 0 Å². The zero-order chi connectivity index (χ0) is 13.2. The van der Waals surface area contributed by atoms with E-state index in [0.29, 0.717) is 18.0 Å². The van der Waals surface area contributed by atoms with Gasteiger partial charge in [-0.1, -0.05) is 61.5 Å². The van der Waals surface area contributed by atoms with Gasteiger partial charge in [-0.15, -0.1) is 0 Å². The molecule has 0 saturated carbocycles. The van der Waals surface area contributed by atoms with Crippen molar-refractivity contribution in [1.82, 2.24) is 5.32 Å². The predicted molar refractivity (Wildman–Crippen MR) is 80.4 cm³/mol. The van der Waals surface area contributed by atoms with E-state index in [1.165, 1.54) is 16.7 Å². The van der Waals surface area contributed by atoms with E-state index in [2.05, 4.69) is 73.8 Å². The lowest BCUT2D eigenvalue weighted by Crippen LogP contribution is -2.40. The highest BCUT2D eigenvalue weighted by Crippen LogP contribution is 2.38. The maximum Gasteiger partial charge on any atom is 0.0323 e. The number of nitrogens with one attached hydrogen (secondary N) is 1. The molecule has 19 heavy (non-hydrogen) atoms. The molecular formula is C18H21N. The first-order valence-electron chi connectivity index (χ1n) is 7.21. The Hall–Kier alpha value is -1.60. The third-order valence-corrected chi connectivity index (χ3v) is 4.24. The van der Waals surface area contributed by atoms with Crippen molar-refractivity contribution in [2.45, 2.75) is 38.3 Å². The zero-order valence-corrected chi connectivity index (χ0v) is 11.6. The molecular weight excluding hydrogens is 230 g/mol. The van der Waals surface area contributed by atoms with Crippen LogP contribution >= 0.6 is 0 Å². The smallest absolute Gasteiger partial charge is 0.0323 e. The molecule has 2 aromatic rings. The highest BCUT2D eigenvalue weighted by Gasteiger charge is 2.31. The summed E-state index contributed by atoms with van der Waals surface area (Å²) in [7, 11) is 0. The van der Waals surface area contributed by atoms with E-state index in [1.807, 2.05) is 0 Å². The van der Waals surface area contributed by atoms with Gasteiger partial charge in [0.15, 0.2) is 0 Å². The topological polar surface area (TPSA) is 12.0 Å². The minimum Gasteiger partial charge on any atom is -0.307 e. The van der Waals surface area contributed by atoms with Crippen LogP contribution in [0.1, 0.15) is 48.9 Å². The fourth-order valence-electron chi connectivity index (χ4n) is 3.35. The van der Waals surface area contributed by atoms with Gasteiger partial charge in [-0.3, -0.25) is 0 Å². The molecule has 1 nitrogen and oxygen atoms in total. The Labute approximate surface area is 115 Å². The zero-order valence-electron chi connectivity index (χ0n) is 11.6. The van der Waals surface area contributed by atoms with Gasteiger partial charge in [0.25, 0.3) is 0 Å². The van der Waals surface area contributed by atoms with Crippen molar-refractivity contribution >= 4 is 0 Å². The quantitative estimate of drug-likeness (QED) is 0.841. The summed E-state index contributed by atoms with van der Waals surface area (Å²) in [5.74, 6) is 0.459. The molecule has 0 saturated heterocycles. The molecule has 1 heteroatoms. The first kappa shape index (κ1) is 12.4. The van der Waals surface area contributed by atoms with Gasteiger partial charge in [-0.25, -0.2) is 0 Å². The molecule has 3 rings (SSSR count). The number of hydrogen-bond donors (Lipinski definition) is 1. The second-order valence-electron chi connectivity index (χ2n) is 5.43. The van der Waals surface area contributed by atoms with Crippen LogP contribution in [0.25, 0.3) is 0 Å². The van der Waals surface area contributed by atoms with Gasteiger partial charge in [0, 0.05) is 18.0 Å². The maximum absolute atomic E-state index is 3.77. The van der Waals surface area contributed by atoms with E-state index >= 15 is 0 Å². The van der Waals surface area contributed by atoms with Gasteiger partial charge >= 0.3 is 0 Å². The van der Waals surface area contributed by atoms with Crippen molar-refractivity contribution in [2.75, 3.05) is 0 Å². The first-order valence-corrected chi connectivity index (χ1v) is 7.21. The second-order valence-corrected chi connectivity index (χ2v) is 5.43. The molecule has 3 unspecified atom stereocenters. The molecule has 0 bridgehead atoms. The van der Waals surface area contributed by atoms with Gasteiger partial charge in [0.1, 0.15) is 0 Å². The Bertz CT molecular complexity index is 547. The third kappa shape index (κ3) is 2.19. The van der Waals surface area contributed by atoms with Crippen molar-refractivity contribution in [2.24, 2.45) is 0 Å². The van der Waals surface area contributed by atoms with Gasteiger partial charge in [0.05, 0.1) is 0 Å². The second kappa shape index (κ2) is 5.18. The summed E-state index contributed by atoms with van der Waals surface area (Å²) >= 11 is 0. The molecule has 0 amide bonds. The molecule has 0 aliphatic carbocycles. The standard InChI is InChI=1S/C18H21N/c1-3-17-15-11-7-8-12-16(15)18(13(2)19-17)14-9-5-4-6-10-14/h4-13,17-19H,3H2,1-2H3. The minimum absolute atomic E-state index is 0.459. The van der Waals surface area contributed by atoms with Crippen molar-refractivity contribution in [3.8, 4) is 0 Å². The molecule has 1 N–H and O–H groups in total. The fraction of sp³-hybridized carbons (Fsp3) is 0.333. The summed E-state index contributed by atoms with van der Waals surface area (Å²) in [5, 5.41) is 3.77. The summed E-state index contributed by atoms with van der Waals surface area (Å²) in [5.41, 5.74) is 4.37. The monoisotopic (exact) mass is 251 g/mol. The molecule has 1 aliphatic rings. The average Bonchev–Trinajstić information content (AvgIpc) is 2.47. The van der Waals surface area contributed by atoms with Crippen LogP contribution in [0.5, 0.6) is 0 Å². The Morgan fingerprint density at radius 1 is 0.895 bits per heavy atom. The SMILES string of the molecule is CCC1NC(C)C(c2ccccc2)c2ccccc21. The normalized spacial score (nSPS) is 25.9. The highest BCUT2D eigenvalue weighted by molar-refractivity contribution is 5.43. The van der Waals surface area contributed by atoms with Crippen LogP contribution < -0.4 is 5.32 Å². The molecule has 98 valence electrons. The van der Waals surface area contributed by atoms with Gasteiger partial charge in [0.2, 0.25) is 0 Å². The fourth-order valence-corrected chi connectivity index (χ4v) is 3.35. The van der Waals surface area contributed by atoms with Crippen molar-refractivity contribution in [3.63, 3.8) is 0 Å². The lowest BCUT2D eigenvalue weighted by atomic mass is 9.78. The Morgan fingerprint density at radius 2 is 1.53 bits per heavy atom. The van der Waals surface area contributed by atoms with Gasteiger partial charge < -0.3 is 5.32 Å². The van der Waals surface area contributed by atoms with E-state index in [9.17, 15) is 0 Å². The van der Waals surface area contributed by atoms with Crippen molar-refractivity contribution < 1.29 is 0 Å². The van der Waals surface area contributed by atoms with Crippen molar-refractivity contribution in [1.29, 1.82) is 0 Å². The Kier molecular flexibility index (Phi) is 3.39. The largest absolute Gasteiger partial charge is 0.307 e. The lowest BCUT2D eigenvalue weighted by molar-refractivity contribution is 0.385. The molecule has 0 radical (unpaired) electrons. The summed E-state index contributed by atoms with van der Waals surface area (Å²) in [6, 6.07) is 20.7. The minimum atomic E-state index is 0.459. The molecule has 0 spiro atoms. The average molecular weight is 251 g/mol. The molecule has 2 aromatic carbocycles. The van der Waals surface area contributed by atoms with Gasteiger partial charge in [-0.2, -0.15) is 0 Å². The van der Waals surface area contributed by atoms with Crippen molar-refractivity contribution in [3.05, 3.63) is 71.3 Å². The summed E-state index contributed by atoms with van der Waals surface area (Å²) in [4.78, 5) is 0. The number of benzene rings is 2. The Morgan fingerprint density at radius 3 is 2.21 bits per heavy atom. The maximum atomic E-state index is 3.77. The molecule has 1 aliphatic heterocycles. The van der Waals surface area contributed by atoms with Crippen LogP contribution in [0.2, 0.25) is 0 Å². The summed E-state index contributed by atoms with van der Waals surface area (Å²) in [6.07, 6.45) is 1.14. The van der Waals surface area contributed by atoms with E-state index in [-0.39, 0.29) is 0 Å². The van der Waals surface area contributed by atoms with Gasteiger partial charge in [-0.05, 0) is 30.0 Å². The molecule has 0 fully saturated rings. The first-order chi connectivity index (χ1) is 9.31. The lowest BCUT2D eigenvalue weighted by Gasteiger charge is -2.38. The van der Waals surface area contributed by atoms with Crippen LogP contribution in [0.15, 0.2) is 54.6 Å².